The van der Waals surface area contributed by atoms with Crippen molar-refractivity contribution in [2.24, 2.45) is 0 Å². The van der Waals surface area contributed by atoms with E-state index in [1.165, 1.54) is 120 Å². The second-order valence-electron chi connectivity index (χ2n) is 8.01. The maximum Gasteiger partial charge on any atom is 0.157 e. The molecule has 0 aromatic carbocycles. The van der Waals surface area contributed by atoms with Crippen LogP contribution in [0.2, 0.25) is 0 Å². The molecule has 3 heteroatoms. The predicted octanol–water partition coefficient (Wildman–Crippen LogP) is 8.21. The normalized spacial score (nSPS) is 17.7. The molecule has 1 aliphatic rings. The summed E-state index contributed by atoms with van der Waals surface area (Å²) in [4.78, 5) is 0. The number of halogens is 1. The van der Waals surface area contributed by atoms with Gasteiger partial charge in [-0.05, 0) is 36.5 Å². The van der Waals surface area contributed by atoms with E-state index in [0.29, 0.717) is 0 Å². The van der Waals surface area contributed by atoms with Crippen LogP contribution in [0.25, 0.3) is 0 Å². The van der Waals surface area contributed by atoms with Crippen molar-refractivity contribution in [2.45, 2.75) is 128 Å². The molecule has 1 unspecified atom stereocenters. The molecule has 0 amide bonds. The number of ether oxygens (including phenoxy) is 2. The van der Waals surface area contributed by atoms with Gasteiger partial charge in [0.25, 0.3) is 0 Å². The fraction of sp³-hybridized carbons (Fsp3) is 1.00. The van der Waals surface area contributed by atoms with Crippen LogP contribution in [-0.4, -0.2) is 23.9 Å². The summed E-state index contributed by atoms with van der Waals surface area (Å²) in [6.45, 7) is 1.78. The summed E-state index contributed by atoms with van der Waals surface area (Å²) in [5.41, 5.74) is 0. The summed E-state index contributed by atoms with van der Waals surface area (Å²) in [6, 6.07) is 0. The van der Waals surface area contributed by atoms with Crippen LogP contribution in [0, 0.1) is 0 Å². The molecule has 1 rings (SSSR count). The first-order valence-electron chi connectivity index (χ1n) is 11.7. The Morgan fingerprint density at radius 3 is 1.50 bits per heavy atom. The highest BCUT2D eigenvalue weighted by Gasteiger charge is 2.13. The maximum atomic E-state index is 5.78. The summed E-state index contributed by atoms with van der Waals surface area (Å²) in [5.74, 6) is 0. The second kappa shape index (κ2) is 20.4. The van der Waals surface area contributed by atoms with Gasteiger partial charge in [-0.15, -0.1) is 0 Å². The molecule has 1 heterocycles. The lowest BCUT2D eigenvalue weighted by Gasteiger charge is -2.22. The average Bonchev–Trinajstić information content (AvgIpc) is 2.68. The lowest BCUT2D eigenvalue weighted by Crippen LogP contribution is -2.22. The Bertz CT molecular complexity index is 267. The molecule has 1 aliphatic heterocycles. The highest BCUT2D eigenvalue weighted by Crippen LogP contribution is 2.16. The van der Waals surface area contributed by atoms with Gasteiger partial charge in [-0.1, -0.05) is 112 Å². The van der Waals surface area contributed by atoms with Crippen molar-refractivity contribution in [3.8, 4) is 0 Å². The first kappa shape index (κ1) is 24.7. The van der Waals surface area contributed by atoms with E-state index in [-0.39, 0.29) is 6.29 Å². The third-order valence-electron chi connectivity index (χ3n) is 5.47. The largest absolute Gasteiger partial charge is 0.353 e. The van der Waals surface area contributed by atoms with Gasteiger partial charge in [-0.25, -0.2) is 0 Å². The van der Waals surface area contributed by atoms with E-state index in [4.69, 9.17) is 9.47 Å². The first-order valence-corrected chi connectivity index (χ1v) is 13.2. The van der Waals surface area contributed by atoms with Gasteiger partial charge in [0.15, 0.2) is 6.29 Å². The second-order valence-corrected chi connectivity index (χ2v) is 9.09. The summed E-state index contributed by atoms with van der Waals surface area (Å²) in [6.07, 6.45) is 26.5. The van der Waals surface area contributed by atoms with Gasteiger partial charge in [0, 0.05) is 13.2 Å². The van der Waals surface area contributed by atoms with Gasteiger partial charge in [-0.3, -0.25) is 0 Å². The van der Waals surface area contributed by atoms with Crippen LogP contribution in [0.15, 0.2) is 0 Å². The molecular weight excluding hydrogens is 435 g/mol. The van der Waals surface area contributed by atoms with E-state index in [2.05, 4.69) is 22.6 Å². The van der Waals surface area contributed by atoms with Gasteiger partial charge < -0.3 is 9.47 Å². The molecule has 2 nitrogen and oxygen atoms in total. The predicted molar refractivity (Wildman–Crippen MR) is 122 cm³/mol. The number of unbranched alkanes of at least 4 members (excludes halogenated alkanes) is 15. The van der Waals surface area contributed by atoms with E-state index < -0.39 is 0 Å². The fourth-order valence-electron chi connectivity index (χ4n) is 3.73. The minimum Gasteiger partial charge on any atom is -0.353 e. The zero-order chi connectivity index (χ0) is 18.5. The van der Waals surface area contributed by atoms with Crippen molar-refractivity contribution < 1.29 is 9.47 Å². The van der Waals surface area contributed by atoms with E-state index in [9.17, 15) is 0 Å². The molecule has 0 aliphatic carbocycles. The quantitative estimate of drug-likeness (QED) is 0.105. The molecule has 1 fully saturated rings. The van der Waals surface area contributed by atoms with E-state index in [0.717, 1.165) is 19.6 Å². The Morgan fingerprint density at radius 1 is 0.615 bits per heavy atom. The van der Waals surface area contributed by atoms with Crippen LogP contribution >= 0.6 is 22.6 Å². The topological polar surface area (TPSA) is 18.5 Å². The number of rotatable bonds is 19. The third kappa shape index (κ3) is 16.8. The van der Waals surface area contributed by atoms with E-state index >= 15 is 0 Å². The number of hydrogen-bond acceptors (Lipinski definition) is 2. The minimum absolute atomic E-state index is 0.101. The lowest BCUT2D eigenvalue weighted by atomic mass is 10.0. The van der Waals surface area contributed by atoms with Crippen molar-refractivity contribution in [3.05, 3.63) is 0 Å². The van der Waals surface area contributed by atoms with Crippen molar-refractivity contribution in [2.75, 3.05) is 17.6 Å². The number of alkyl halides is 1. The highest BCUT2D eigenvalue weighted by molar-refractivity contribution is 14.1. The SMILES string of the molecule is ICCCCCCCCCCCCCCCCCCOC1CCCCO1. The van der Waals surface area contributed by atoms with Crippen LogP contribution in [0.1, 0.15) is 122 Å². The molecule has 0 N–H and O–H groups in total. The van der Waals surface area contributed by atoms with Crippen molar-refractivity contribution in [3.63, 3.8) is 0 Å². The van der Waals surface area contributed by atoms with Gasteiger partial charge >= 0.3 is 0 Å². The highest BCUT2D eigenvalue weighted by atomic mass is 127. The van der Waals surface area contributed by atoms with Crippen molar-refractivity contribution in [1.82, 2.24) is 0 Å². The fourth-order valence-corrected chi connectivity index (χ4v) is 4.27. The molecule has 0 radical (unpaired) electrons. The van der Waals surface area contributed by atoms with Crippen LogP contribution in [-0.2, 0) is 9.47 Å². The summed E-state index contributed by atoms with van der Waals surface area (Å²) in [5, 5.41) is 0. The molecule has 1 saturated heterocycles. The lowest BCUT2D eigenvalue weighted by molar-refractivity contribution is -0.162. The Hall–Kier alpha value is 0.650. The molecule has 156 valence electrons. The van der Waals surface area contributed by atoms with Gasteiger partial charge in [0.05, 0.1) is 0 Å². The molecule has 26 heavy (non-hydrogen) atoms. The first-order chi connectivity index (χ1) is 12.9. The van der Waals surface area contributed by atoms with Gasteiger partial charge in [0.2, 0.25) is 0 Å². The Balaban J connectivity index is 1.65. The monoisotopic (exact) mass is 480 g/mol. The van der Waals surface area contributed by atoms with Crippen LogP contribution < -0.4 is 0 Å². The Kier molecular flexibility index (Phi) is 19.4. The van der Waals surface area contributed by atoms with Crippen LogP contribution in [0.3, 0.4) is 0 Å². The minimum atomic E-state index is 0.101. The Labute approximate surface area is 177 Å². The van der Waals surface area contributed by atoms with Crippen LogP contribution in [0.4, 0.5) is 0 Å². The standard InChI is InChI=1S/C23H45IO2/c24-20-16-13-11-9-7-5-3-1-2-4-6-8-10-12-14-17-21-25-23-19-15-18-22-26-23/h23H,1-22H2. The molecule has 0 saturated carbocycles. The summed E-state index contributed by atoms with van der Waals surface area (Å²) < 4.78 is 12.7. The van der Waals surface area contributed by atoms with Crippen molar-refractivity contribution in [1.29, 1.82) is 0 Å². The van der Waals surface area contributed by atoms with Gasteiger partial charge in [-0.2, -0.15) is 0 Å². The maximum absolute atomic E-state index is 5.78. The summed E-state index contributed by atoms with van der Waals surface area (Å²) >= 11 is 2.49. The molecule has 0 aromatic rings. The molecule has 0 bridgehead atoms. The number of hydrogen-bond donors (Lipinski definition) is 0. The van der Waals surface area contributed by atoms with E-state index in [1.807, 2.05) is 0 Å². The zero-order valence-corrected chi connectivity index (χ0v) is 19.5. The zero-order valence-electron chi connectivity index (χ0n) is 17.3. The molecule has 1 atom stereocenters. The van der Waals surface area contributed by atoms with Crippen LogP contribution in [0.5, 0.6) is 0 Å². The smallest absolute Gasteiger partial charge is 0.157 e. The van der Waals surface area contributed by atoms with Crippen molar-refractivity contribution >= 4 is 22.6 Å². The average molecular weight is 481 g/mol. The van der Waals surface area contributed by atoms with E-state index in [1.54, 1.807) is 0 Å². The van der Waals surface area contributed by atoms with Gasteiger partial charge in [0.1, 0.15) is 0 Å². The molecular formula is C23H45IO2. The third-order valence-corrected chi connectivity index (χ3v) is 6.23. The molecule has 0 aromatic heterocycles. The molecule has 0 spiro atoms. The summed E-state index contributed by atoms with van der Waals surface area (Å²) in [7, 11) is 0. The Morgan fingerprint density at radius 2 is 1.08 bits per heavy atom.